The zero-order valence-electron chi connectivity index (χ0n) is 25.1. The lowest BCUT2D eigenvalue weighted by molar-refractivity contribution is -0.148. The van der Waals surface area contributed by atoms with Crippen molar-refractivity contribution in [2.45, 2.75) is 30.7 Å². The van der Waals surface area contributed by atoms with Crippen molar-refractivity contribution in [1.82, 2.24) is 4.90 Å². The second kappa shape index (κ2) is 10.9. The fraction of sp³-hybridized carbons (Fsp3) is 0.355. The molecule has 5 rings (SSSR count). The zero-order chi connectivity index (χ0) is 34.2. The Balaban J connectivity index is 1.64. The van der Waals surface area contributed by atoms with E-state index in [9.17, 15) is 52.8 Å². The molecule has 3 aliphatic rings. The molecule has 244 valence electrons. The van der Waals surface area contributed by atoms with Crippen LogP contribution in [0.4, 0.5) is 24.5 Å². The third-order valence-corrected chi connectivity index (χ3v) is 8.88. The summed E-state index contributed by atoms with van der Waals surface area (Å²) in [6, 6.07) is 3.80. The van der Waals surface area contributed by atoms with Gasteiger partial charge in [0.25, 0.3) is 11.8 Å². The first kappa shape index (κ1) is 32.5. The van der Waals surface area contributed by atoms with E-state index in [-0.39, 0.29) is 29.7 Å². The summed E-state index contributed by atoms with van der Waals surface area (Å²) in [7, 11) is 6.28. The van der Waals surface area contributed by atoms with Crippen LogP contribution in [-0.4, -0.2) is 88.5 Å². The van der Waals surface area contributed by atoms with Gasteiger partial charge in [0.15, 0.2) is 17.1 Å². The number of fused-ring (bicyclic) bond motifs is 3. The van der Waals surface area contributed by atoms with E-state index in [2.05, 4.69) is 5.32 Å². The van der Waals surface area contributed by atoms with Gasteiger partial charge < -0.3 is 36.4 Å². The molecule has 15 heteroatoms. The van der Waals surface area contributed by atoms with Gasteiger partial charge in [-0.15, -0.1) is 0 Å². The molecule has 0 fully saturated rings. The summed E-state index contributed by atoms with van der Waals surface area (Å²) in [4.78, 5) is 55.8. The molecule has 0 spiro atoms. The average Bonchev–Trinajstić information content (AvgIpc) is 2.95. The zero-order valence-corrected chi connectivity index (χ0v) is 25.1. The molecule has 2 unspecified atom stereocenters. The number of carbonyl (C=O) groups excluding carboxylic acids is 4. The third kappa shape index (κ3) is 4.77. The number of aromatic hydroxyl groups is 1. The Bertz CT molecular complexity index is 1780. The van der Waals surface area contributed by atoms with E-state index in [1.165, 1.54) is 25.1 Å². The van der Waals surface area contributed by atoms with Gasteiger partial charge in [-0.2, -0.15) is 13.2 Å². The fourth-order valence-corrected chi connectivity index (χ4v) is 6.82. The van der Waals surface area contributed by atoms with Crippen LogP contribution < -0.4 is 16.0 Å². The number of allylic oxidation sites excluding steroid dienone is 1. The molecule has 4 atom stereocenters. The molecular weight excluding hydrogens is 613 g/mol. The first-order valence-electron chi connectivity index (χ1n) is 14.0. The lowest BCUT2D eigenvalue weighted by Gasteiger charge is -2.50. The molecule has 46 heavy (non-hydrogen) atoms. The number of alkyl halides is 3. The summed E-state index contributed by atoms with van der Waals surface area (Å²) in [6.07, 6.45) is -4.84. The number of nitrogens with one attached hydrogen (secondary N) is 1. The lowest BCUT2D eigenvalue weighted by atomic mass is 9.58. The number of anilines is 2. The predicted molar refractivity (Wildman–Crippen MR) is 157 cm³/mol. The number of aliphatic hydroxyl groups is 3. The molecule has 7 N–H and O–H groups in total. The highest BCUT2D eigenvalue weighted by Gasteiger charge is 2.63. The molecule has 0 heterocycles. The number of phenols is 1. The number of amides is 2. The number of halogens is 3. The highest BCUT2D eigenvalue weighted by molar-refractivity contribution is 6.25. The number of nitrogens with two attached hydrogens (primary N) is 1. The molecule has 3 aliphatic carbocycles. The van der Waals surface area contributed by atoms with Crippen LogP contribution in [0.25, 0.3) is 0 Å². The van der Waals surface area contributed by atoms with Crippen molar-refractivity contribution in [3.8, 4) is 5.75 Å². The van der Waals surface area contributed by atoms with E-state index in [1.807, 2.05) is 0 Å². The monoisotopic (exact) mass is 644 g/mol. The van der Waals surface area contributed by atoms with Crippen molar-refractivity contribution >= 4 is 34.8 Å². The maximum atomic E-state index is 14.1. The molecule has 12 nitrogen and oxygen atoms in total. The number of phenolic OH excluding ortho intramolecular Hbond substituents is 1. The molecule has 0 radical (unpaired) electrons. The number of ketones is 2. The fourth-order valence-electron chi connectivity index (χ4n) is 6.82. The van der Waals surface area contributed by atoms with Gasteiger partial charge in [-0.3, -0.25) is 24.1 Å². The number of carbonyl (C=O) groups is 4. The SMILES string of the molecule is CN(C)c1cc(NC(=O)c2cccc(C(F)(F)F)c2)c(O)c2c1CC1CC3[C@H](N(C)C)C(O)=C(C(N)=O)C(=O)[C@@]3(O)C(O)=C1C2=O. The summed E-state index contributed by atoms with van der Waals surface area (Å²) in [5, 5.41) is 47.8. The molecule has 0 saturated heterocycles. The van der Waals surface area contributed by atoms with E-state index >= 15 is 0 Å². The van der Waals surface area contributed by atoms with E-state index in [0.717, 1.165) is 18.2 Å². The summed E-state index contributed by atoms with van der Waals surface area (Å²) < 4.78 is 39.7. The molecule has 0 aliphatic heterocycles. The maximum absolute atomic E-state index is 14.1. The molecular formula is C31H31F3N4O8. The van der Waals surface area contributed by atoms with Crippen molar-refractivity contribution in [3.05, 3.63) is 75.3 Å². The Hall–Kier alpha value is -4.89. The van der Waals surface area contributed by atoms with Crippen molar-refractivity contribution < 1.29 is 52.8 Å². The standard InChI is InChI=1S/C31H31F3N4O8/c1-37(2)18-11-17(36-29(45)12-6-5-7-14(8-12)31(32,33)34)23(39)20-15(18)9-13-10-16-22(38(3)4)25(41)21(28(35)44)27(43)30(16,46)26(42)19(13)24(20)40/h5-8,11,13,16,22,39,41-42,46H,9-10H2,1-4H3,(H2,35,44)(H,36,45)/t13?,16?,22-,30-/m0/s1. The number of benzene rings is 2. The van der Waals surface area contributed by atoms with Crippen LogP contribution in [0, 0.1) is 11.8 Å². The van der Waals surface area contributed by atoms with Crippen molar-refractivity contribution in [3.63, 3.8) is 0 Å². The third-order valence-electron chi connectivity index (χ3n) is 8.88. The number of rotatable bonds is 5. The van der Waals surface area contributed by atoms with Gasteiger partial charge in [-0.05, 0) is 62.7 Å². The van der Waals surface area contributed by atoms with E-state index in [4.69, 9.17) is 5.73 Å². The van der Waals surface area contributed by atoms with Crippen LogP contribution in [0.2, 0.25) is 0 Å². The van der Waals surface area contributed by atoms with Crippen molar-refractivity contribution in [2.75, 3.05) is 38.4 Å². The van der Waals surface area contributed by atoms with Gasteiger partial charge in [0.05, 0.1) is 22.9 Å². The second-order valence-electron chi connectivity index (χ2n) is 12.0. The Morgan fingerprint density at radius 3 is 2.28 bits per heavy atom. The largest absolute Gasteiger partial charge is 0.510 e. The van der Waals surface area contributed by atoms with E-state index in [1.54, 1.807) is 19.0 Å². The first-order valence-corrected chi connectivity index (χ1v) is 14.0. The Morgan fingerprint density at radius 1 is 1.07 bits per heavy atom. The van der Waals surface area contributed by atoms with Crippen molar-refractivity contribution in [1.29, 1.82) is 0 Å². The minimum atomic E-state index is -4.72. The van der Waals surface area contributed by atoms with Gasteiger partial charge in [-0.25, -0.2) is 0 Å². The smallest absolute Gasteiger partial charge is 0.416 e. The number of nitrogens with zero attached hydrogens (tertiary/aromatic N) is 2. The van der Waals surface area contributed by atoms with Crippen LogP contribution in [0.5, 0.6) is 5.75 Å². The van der Waals surface area contributed by atoms with Gasteiger partial charge in [0, 0.05) is 36.8 Å². The second-order valence-corrected chi connectivity index (χ2v) is 12.0. The summed E-state index contributed by atoms with van der Waals surface area (Å²) >= 11 is 0. The Kier molecular flexibility index (Phi) is 7.68. The van der Waals surface area contributed by atoms with Gasteiger partial charge in [0.1, 0.15) is 17.1 Å². The Morgan fingerprint density at radius 2 is 1.72 bits per heavy atom. The minimum absolute atomic E-state index is 0.00251. The number of aliphatic hydroxyl groups excluding tert-OH is 2. The molecule has 0 bridgehead atoms. The molecule has 0 saturated carbocycles. The van der Waals surface area contributed by atoms with Crippen LogP contribution in [0.15, 0.2) is 53.0 Å². The molecule has 2 aromatic rings. The molecule has 0 aromatic heterocycles. The van der Waals surface area contributed by atoms with Crippen molar-refractivity contribution in [2.24, 2.45) is 17.6 Å². The van der Waals surface area contributed by atoms with Crippen LogP contribution in [0.1, 0.15) is 38.3 Å². The summed E-state index contributed by atoms with van der Waals surface area (Å²) in [5.41, 5.74) is -0.311. The number of hydrogen-bond donors (Lipinski definition) is 6. The van der Waals surface area contributed by atoms with Crippen LogP contribution in [-0.2, 0) is 22.2 Å². The number of primary amides is 1. The van der Waals surface area contributed by atoms with Crippen LogP contribution >= 0.6 is 0 Å². The van der Waals surface area contributed by atoms with Gasteiger partial charge in [-0.1, -0.05) is 6.07 Å². The van der Waals surface area contributed by atoms with E-state index < -0.39 is 87.0 Å². The number of Topliss-reactive ketones (excluding diaryl/α,β-unsaturated/α-hetero) is 2. The average molecular weight is 645 g/mol. The first-order chi connectivity index (χ1) is 21.3. The topological polar surface area (TPSA) is 194 Å². The van der Waals surface area contributed by atoms with Crippen LogP contribution in [0.3, 0.4) is 0 Å². The number of likely N-dealkylation sites (N-methyl/N-ethyl adjacent to an activating group) is 1. The summed E-state index contributed by atoms with van der Waals surface area (Å²) in [5.74, 6) is -9.28. The lowest BCUT2D eigenvalue weighted by Crippen LogP contribution is -2.63. The highest BCUT2D eigenvalue weighted by Crippen LogP contribution is 2.54. The normalized spacial score (nSPS) is 24.4. The minimum Gasteiger partial charge on any atom is -0.510 e. The highest BCUT2D eigenvalue weighted by atomic mass is 19.4. The van der Waals surface area contributed by atoms with E-state index in [0.29, 0.717) is 17.3 Å². The predicted octanol–water partition coefficient (Wildman–Crippen LogP) is 2.46. The maximum Gasteiger partial charge on any atom is 0.416 e. The van der Waals surface area contributed by atoms with Gasteiger partial charge >= 0.3 is 6.18 Å². The Labute approximate surface area is 260 Å². The van der Waals surface area contributed by atoms with Gasteiger partial charge in [0.2, 0.25) is 5.78 Å². The summed E-state index contributed by atoms with van der Waals surface area (Å²) in [6.45, 7) is 0. The quantitative estimate of drug-likeness (QED) is 0.208. The number of hydrogen-bond acceptors (Lipinski definition) is 10. The molecule has 2 amide bonds. The molecule has 2 aromatic carbocycles.